The van der Waals surface area contributed by atoms with Gasteiger partial charge >= 0.3 is 0 Å². The summed E-state index contributed by atoms with van der Waals surface area (Å²) in [5.41, 5.74) is 3.03. The lowest BCUT2D eigenvalue weighted by Crippen LogP contribution is -2.14. The molecule has 2 N–H and O–H groups in total. The molecule has 0 saturated carbocycles. The predicted molar refractivity (Wildman–Crippen MR) is 132 cm³/mol. The number of aryl methyl sites for hydroxylation is 1. The third-order valence-corrected chi connectivity index (χ3v) is 5.53. The van der Waals surface area contributed by atoms with Crippen LogP contribution in [0.1, 0.15) is 36.6 Å². The molecule has 0 radical (unpaired) electrons. The molecule has 33 heavy (non-hydrogen) atoms. The van der Waals surface area contributed by atoms with Gasteiger partial charge in [0.15, 0.2) is 11.5 Å². The van der Waals surface area contributed by atoms with Gasteiger partial charge in [-0.25, -0.2) is 4.98 Å². The zero-order valence-corrected chi connectivity index (χ0v) is 19.6. The van der Waals surface area contributed by atoms with Gasteiger partial charge in [-0.1, -0.05) is 29.8 Å². The van der Waals surface area contributed by atoms with Gasteiger partial charge in [0.2, 0.25) is 0 Å². The van der Waals surface area contributed by atoms with Crippen molar-refractivity contribution in [1.29, 1.82) is 0 Å². The number of phenols is 1. The molecule has 0 fully saturated rings. The van der Waals surface area contributed by atoms with Crippen molar-refractivity contribution >= 4 is 28.3 Å². The van der Waals surface area contributed by atoms with Gasteiger partial charge in [0, 0.05) is 23.3 Å². The van der Waals surface area contributed by atoms with Gasteiger partial charge in [-0.2, -0.15) is 0 Å². The van der Waals surface area contributed by atoms with Gasteiger partial charge in [0.25, 0.3) is 0 Å². The number of phenolic OH excluding ortho intramolecular Hbond substituents is 1. The van der Waals surface area contributed by atoms with E-state index in [-0.39, 0.29) is 5.75 Å². The first-order valence-corrected chi connectivity index (χ1v) is 11.2. The van der Waals surface area contributed by atoms with Crippen molar-refractivity contribution in [3.8, 4) is 17.2 Å². The van der Waals surface area contributed by atoms with E-state index in [0.29, 0.717) is 46.6 Å². The van der Waals surface area contributed by atoms with Crippen LogP contribution in [0.5, 0.6) is 17.2 Å². The van der Waals surface area contributed by atoms with Crippen LogP contribution in [0.25, 0.3) is 10.9 Å². The van der Waals surface area contributed by atoms with Gasteiger partial charge in [-0.3, -0.25) is 4.98 Å². The Bertz CT molecular complexity index is 1280. The Labute approximate surface area is 198 Å². The molecule has 7 heteroatoms. The van der Waals surface area contributed by atoms with Crippen molar-refractivity contribution in [3.63, 3.8) is 0 Å². The number of anilines is 1. The van der Waals surface area contributed by atoms with Gasteiger partial charge in [0.1, 0.15) is 17.1 Å². The molecule has 6 nitrogen and oxygen atoms in total. The highest BCUT2D eigenvalue weighted by molar-refractivity contribution is 6.32. The quantitative estimate of drug-likeness (QED) is 0.319. The number of pyridine rings is 2. The maximum Gasteiger partial charge on any atom is 0.179 e. The van der Waals surface area contributed by atoms with Crippen LogP contribution in [0.4, 0.5) is 5.82 Å². The number of halogens is 1. The number of ether oxygens (including phenoxy) is 2. The van der Waals surface area contributed by atoms with E-state index < -0.39 is 6.04 Å². The second kappa shape index (κ2) is 9.96. The van der Waals surface area contributed by atoms with Crippen LogP contribution in [-0.4, -0.2) is 28.3 Å². The Morgan fingerprint density at radius 3 is 2.58 bits per heavy atom. The van der Waals surface area contributed by atoms with E-state index in [4.69, 9.17) is 21.1 Å². The van der Waals surface area contributed by atoms with E-state index in [2.05, 4.69) is 15.3 Å². The van der Waals surface area contributed by atoms with Crippen molar-refractivity contribution < 1.29 is 14.6 Å². The lowest BCUT2D eigenvalue weighted by atomic mass is 9.95. The van der Waals surface area contributed by atoms with E-state index in [1.165, 1.54) is 0 Å². The van der Waals surface area contributed by atoms with E-state index in [9.17, 15) is 5.11 Å². The number of aromatic nitrogens is 2. The van der Waals surface area contributed by atoms with Crippen molar-refractivity contribution in [3.05, 3.63) is 82.6 Å². The Morgan fingerprint density at radius 1 is 1.00 bits per heavy atom. The highest BCUT2D eigenvalue weighted by Gasteiger charge is 2.24. The first kappa shape index (κ1) is 22.7. The highest BCUT2D eigenvalue weighted by atomic mass is 35.5. The normalized spacial score (nSPS) is 11.9. The predicted octanol–water partition coefficient (Wildman–Crippen LogP) is 6.30. The second-order valence-corrected chi connectivity index (χ2v) is 7.98. The highest BCUT2D eigenvalue weighted by Crippen LogP contribution is 2.42. The standard InChI is InChI=1S/C26H26ClN3O3/c1-4-32-21-15-18(14-20(27)26(21)33-5-2)23(30-22-13-16(3)10-12-28-22)19-9-8-17-7-6-11-29-24(17)25(19)31/h6-15,23,31H,4-5H2,1-3H3,(H,28,30)/t23-/m0/s1. The van der Waals surface area contributed by atoms with Crippen LogP contribution in [0, 0.1) is 6.92 Å². The largest absolute Gasteiger partial charge is 0.505 e. The molecule has 170 valence electrons. The topological polar surface area (TPSA) is 76.5 Å². The van der Waals surface area contributed by atoms with Crippen LogP contribution in [0.15, 0.2) is 60.9 Å². The Balaban J connectivity index is 1.89. The summed E-state index contributed by atoms with van der Waals surface area (Å²) in [4.78, 5) is 8.83. The number of hydrogen-bond acceptors (Lipinski definition) is 6. The first-order chi connectivity index (χ1) is 16.0. The first-order valence-electron chi connectivity index (χ1n) is 10.9. The monoisotopic (exact) mass is 463 g/mol. The van der Waals surface area contributed by atoms with Gasteiger partial charge in [0.05, 0.1) is 24.3 Å². The fourth-order valence-corrected chi connectivity index (χ4v) is 4.06. The third kappa shape index (κ3) is 4.81. The molecule has 0 unspecified atom stereocenters. The number of nitrogens with one attached hydrogen (secondary N) is 1. The lowest BCUT2D eigenvalue weighted by molar-refractivity contribution is 0.287. The maximum atomic E-state index is 11.2. The van der Waals surface area contributed by atoms with E-state index >= 15 is 0 Å². The molecule has 4 rings (SSSR count). The zero-order chi connectivity index (χ0) is 23.4. The average Bonchev–Trinajstić information content (AvgIpc) is 2.80. The van der Waals surface area contributed by atoms with Crippen molar-refractivity contribution in [2.24, 2.45) is 0 Å². The molecule has 2 heterocycles. The summed E-state index contributed by atoms with van der Waals surface area (Å²) in [5.74, 6) is 1.82. The minimum Gasteiger partial charge on any atom is -0.505 e. The number of benzene rings is 2. The number of fused-ring (bicyclic) bond motifs is 1. The van der Waals surface area contributed by atoms with E-state index in [1.807, 2.05) is 69.3 Å². The summed E-state index contributed by atoms with van der Waals surface area (Å²) in [6, 6.07) is 14.7. The van der Waals surface area contributed by atoms with Crippen LogP contribution in [0.3, 0.4) is 0 Å². The molecule has 2 aromatic heterocycles. The summed E-state index contributed by atoms with van der Waals surface area (Å²) in [5, 5.41) is 15.9. The molecule has 0 aliphatic rings. The summed E-state index contributed by atoms with van der Waals surface area (Å²) < 4.78 is 11.6. The molecule has 1 atom stereocenters. The van der Waals surface area contributed by atoms with E-state index in [1.54, 1.807) is 12.4 Å². The Morgan fingerprint density at radius 2 is 1.82 bits per heavy atom. The summed E-state index contributed by atoms with van der Waals surface area (Å²) in [6.07, 6.45) is 3.41. The summed E-state index contributed by atoms with van der Waals surface area (Å²) in [7, 11) is 0. The Hall–Kier alpha value is -3.51. The van der Waals surface area contributed by atoms with Crippen LogP contribution in [0.2, 0.25) is 5.02 Å². The molecular formula is C26H26ClN3O3. The van der Waals surface area contributed by atoms with Gasteiger partial charge < -0.3 is 19.9 Å². The number of hydrogen-bond donors (Lipinski definition) is 2. The maximum absolute atomic E-state index is 11.2. The van der Waals surface area contributed by atoms with Gasteiger partial charge in [-0.05, 0) is 62.2 Å². The molecule has 2 aromatic carbocycles. The molecule has 4 aromatic rings. The van der Waals surface area contributed by atoms with Crippen molar-refractivity contribution in [2.45, 2.75) is 26.8 Å². The third-order valence-electron chi connectivity index (χ3n) is 5.25. The fraction of sp³-hybridized carbons (Fsp3) is 0.231. The minimum absolute atomic E-state index is 0.0984. The van der Waals surface area contributed by atoms with Crippen molar-refractivity contribution in [1.82, 2.24) is 9.97 Å². The van der Waals surface area contributed by atoms with Crippen LogP contribution in [-0.2, 0) is 0 Å². The SMILES string of the molecule is CCOc1cc([C@H](Nc2cc(C)ccn2)c2ccc3cccnc3c2O)cc(Cl)c1OCC. The summed E-state index contributed by atoms with van der Waals surface area (Å²) in [6.45, 7) is 6.73. The van der Waals surface area contributed by atoms with E-state index in [0.717, 1.165) is 16.5 Å². The number of aromatic hydroxyl groups is 1. The number of rotatable bonds is 8. The molecule has 0 aliphatic heterocycles. The van der Waals surface area contributed by atoms with Crippen LogP contribution < -0.4 is 14.8 Å². The molecule has 0 spiro atoms. The van der Waals surface area contributed by atoms with Gasteiger partial charge in [-0.15, -0.1) is 0 Å². The molecule has 0 bridgehead atoms. The zero-order valence-electron chi connectivity index (χ0n) is 18.8. The smallest absolute Gasteiger partial charge is 0.179 e. The molecule has 0 amide bonds. The summed E-state index contributed by atoms with van der Waals surface area (Å²) >= 11 is 6.62. The fourth-order valence-electron chi connectivity index (χ4n) is 3.78. The molecule has 0 saturated heterocycles. The minimum atomic E-state index is -0.474. The lowest BCUT2D eigenvalue weighted by Gasteiger charge is -2.24. The number of nitrogens with zero attached hydrogens (tertiary/aromatic N) is 2. The van der Waals surface area contributed by atoms with Crippen molar-refractivity contribution in [2.75, 3.05) is 18.5 Å². The second-order valence-electron chi connectivity index (χ2n) is 7.57. The molecule has 0 aliphatic carbocycles. The Kier molecular flexibility index (Phi) is 6.84. The molecular weight excluding hydrogens is 438 g/mol. The van der Waals surface area contributed by atoms with Crippen LogP contribution >= 0.6 is 11.6 Å². The average molecular weight is 464 g/mol.